The molecule has 0 heterocycles. The van der Waals surface area contributed by atoms with Gasteiger partial charge in [0.15, 0.2) is 0 Å². The molecule has 0 aliphatic carbocycles. The highest BCUT2D eigenvalue weighted by Gasteiger charge is 2.22. The molecule has 0 aliphatic rings. The Kier molecular flexibility index (Phi) is 6.09. The Hall–Kier alpha value is -0.610. The zero-order chi connectivity index (χ0) is 13.7. The number of hydrogen-bond donors (Lipinski definition) is 0. The molecule has 1 aromatic carbocycles. The Balaban J connectivity index is 2.98. The molecule has 0 atom stereocenters. The lowest BCUT2D eigenvalue weighted by molar-refractivity contribution is 0.0701. The van der Waals surface area contributed by atoms with Gasteiger partial charge in [-0.05, 0) is 48.3 Å². The summed E-state index contributed by atoms with van der Waals surface area (Å²) in [6.45, 7) is 4.34. The third-order valence-corrected chi connectivity index (χ3v) is 3.48. The quantitative estimate of drug-likeness (QED) is 0.742. The van der Waals surface area contributed by atoms with Gasteiger partial charge >= 0.3 is 0 Å². The number of carbonyl (C=O) groups excluding carboxylic acids is 1. The molecule has 0 saturated heterocycles. The van der Waals surface area contributed by atoms with Crippen molar-refractivity contribution in [1.82, 2.24) is 4.90 Å². The predicted molar refractivity (Wildman–Crippen MR) is 75.6 cm³/mol. The third kappa shape index (κ3) is 3.69. The van der Waals surface area contributed by atoms with Crippen molar-refractivity contribution in [3.8, 4) is 0 Å². The number of amides is 1. The van der Waals surface area contributed by atoms with Crippen molar-refractivity contribution in [1.29, 1.82) is 0 Å². The molecule has 0 radical (unpaired) electrons. The lowest BCUT2D eigenvalue weighted by atomic mass is 10.1. The molecule has 1 amide bonds. The van der Waals surface area contributed by atoms with E-state index in [9.17, 15) is 9.18 Å². The monoisotopic (exact) mass is 335 g/mol. The van der Waals surface area contributed by atoms with Crippen LogP contribution in [0.25, 0.3) is 0 Å². The second-order valence-electron chi connectivity index (χ2n) is 4.24. The summed E-state index contributed by atoms with van der Waals surface area (Å²) in [4.78, 5) is 13.9. The molecule has 0 unspecified atom stereocenters. The maximum Gasteiger partial charge on any atom is 0.257 e. The summed E-state index contributed by atoms with van der Waals surface area (Å²) in [7, 11) is 0. The highest BCUT2D eigenvalue weighted by Crippen LogP contribution is 2.20. The first-order valence-corrected chi connectivity index (χ1v) is 7.12. The van der Waals surface area contributed by atoms with Crippen LogP contribution in [0.2, 0.25) is 0 Å². The molecule has 1 aromatic rings. The zero-order valence-electron chi connectivity index (χ0n) is 10.4. The molecule has 2 nitrogen and oxygen atoms in total. The van der Waals surface area contributed by atoms with Gasteiger partial charge in [-0.3, -0.25) is 4.79 Å². The number of alkyl halides is 1. The van der Waals surface area contributed by atoms with Gasteiger partial charge in [0, 0.05) is 18.5 Å². The molecule has 0 aromatic heterocycles. The SMILES string of the molecule is CC(C)N(CCCCl)C(=O)c1cccc(Br)c1F. The van der Waals surface area contributed by atoms with Crippen LogP contribution in [0, 0.1) is 5.82 Å². The van der Waals surface area contributed by atoms with E-state index < -0.39 is 5.82 Å². The van der Waals surface area contributed by atoms with Gasteiger partial charge in [0.1, 0.15) is 5.82 Å². The van der Waals surface area contributed by atoms with Crippen LogP contribution in [-0.4, -0.2) is 29.3 Å². The number of benzene rings is 1. The first kappa shape index (κ1) is 15.4. The van der Waals surface area contributed by atoms with E-state index >= 15 is 0 Å². The standard InChI is InChI=1S/C13H16BrClFNO/c1-9(2)17(8-4-7-15)13(18)10-5-3-6-11(14)12(10)16/h3,5-6,9H,4,7-8H2,1-2H3. The Morgan fingerprint density at radius 2 is 2.17 bits per heavy atom. The number of nitrogens with zero attached hydrogens (tertiary/aromatic N) is 1. The molecular formula is C13H16BrClFNO. The van der Waals surface area contributed by atoms with Crippen LogP contribution in [-0.2, 0) is 0 Å². The summed E-state index contributed by atoms with van der Waals surface area (Å²) < 4.78 is 14.2. The van der Waals surface area contributed by atoms with E-state index in [2.05, 4.69) is 15.9 Å². The van der Waals surface area contributed by atoms with Crippen LogP contribution in [0.4, 0.5) is 4.39 Å². The summed E-state index contributed by atoms with van der Waals surface area (Å²) in [6.07, 6.45) is 0.696. The maximum atomic E-state index is 13.9. The highest BCUT2D eigenvalue weighted by molar-refractivity contribution is 9.10. The Morgan fingerprint density at radius 3 is 2.72 bits per heavy atom. The average molecular weight is 337 g/mol. The van der Waals surface area contributed by atoms with E-state index in [0.29, 0.717) is 23.3 Å². The smallest absolute Gasteiger partial charge is 0.257 e. The first-order valence-electron chi connectivity index (χ1n) is 5.80. The fourth-order valence-corrected chi connectivity index (χ4v) is 2.13. The van der Waals surface area contributed by atoms with Crippen LogP contribution in [0.15, 0.2) is 22.7 Å². The number of rotatable bonds is 5. The molecule has 0 N–H and O–H groups in total. The van der Waals surface area contributed by atoms with Crippen molar-refractivity contribution in [2.24, 2.45) is 0 Å². The van der Waals surface area contributed by atoms with E-state index in [0.717, 1.165) is 0 Å². The van der Waals surface area contributed by atoms with Gasteiger partial charge in [0.25, 0.3) is 5.91 Å². The summed E-state index contributed by atoms with van der Waals surface area (Å²) in [5.41, 5.74) is 0.0904. The van der Waals surface area contributed by atoms with Crippen molar-refractivity contribution in [3.05, 3.63) is 34.1 Å². The van der Waals surface area contributed by atoms with Gasteiger partial charge in [-0.15, -0.1) is 11.6 Å². The molecule has 0 fully saturated rings. The van der Waals surface area contributed by atoms with Crippen molar-refractivity contribution in [3.63, 3.8) is 0 Å². The van der Waals surface area contributed by atoms with Gasteiger partial charge in [-0.1, -0.05) is 6.07 Å². The lowest BCUT2D eigenvalue weighted by Gasteiger charge is -2.26. The molecule has 100 valence electrons. The van der Waals surface area contributed by atoms with Gasteiger partial charge in [-0.2, -0.15) is 0 Å². The molecule has 5 heteroatoms. The lowest BCUT2D eigenvalue weighted by Crippen LogP contribution is -2.38. The minimum absolute atomic E-state index is 0.0131. The average Bonchev–Trinajstić information content (AvgIpc) is 2.32. The summed E-state index contributed by atoms with van der Waals surface area (Å²) in [6, 6.07) is 4.74. The zero-order valence-corrected chi connectivity index (χ0v) is 12.8. The molecule has 1 rings (SSSR count). The van der Waals surface area contributed by atoms with E-state index in [4.69, 9.17) is 11.6 Å². The Bertz CT molecular complexity index is 425. The topological polar surface area (TPSA) is 20.3 Å². The third-order valence-electron chi connectivity index (χ3n) is 2.60. The van der Waals surface area contributed by atoms with Crippen LogP contribution in [0.5, 0.6) is 0 Å². The van der Waals surface area contributed by atoms with Crippen molar-refractivity contribution in [2.75, 3.05) is 12.4 Å². The van der Waals surface area contributed by atoms with Crippen LogP contribution < -0.4 is 0 Å². The van der Waals surface area contributed by atoms with Crippen molar-refractivity contribution in [2.45, 2.75) is 26.3 Å². The molecule has 18 heavy (non-hydrogen) atoms. The second-order valence-corrected chi connectivity index (χ2v) is 5.47. The molecule has 0 spiro atoms. The molecular weight excluding hydrogens is 321 g/mol. The molecule has 0 bridgehead atoms. The number of halogens is 3. The van der Waals surface area contributed by atoms with Crippen LogP contribution in [0.3, 0.4) is 0 Å². The van der Waals surface area contributed by atoms with E-state index in [1.165, 1.54) is 6.07 Å². The summed E-state index contributed by atoms with van der Waals surface area (Å²) in [5.74, 6) is -0.328. The van der Waals surface area contributed by atoms with E-state index in [1.54, 1.807) is 17.0 Å². The van der Waals surface area contributed by atoms with E-state index in [-0.39, 0.29) is 17.5 Å². The van der Waals surface area contributed by atoms with Crippen molar-refractivity contribution >= 4 is 33.4 Å². The largest absolute Gasteiger partial charge is 0.336 e. The summed E-state index contributed by atoms with van der Waals surface area (Å²) >= 11 is 8.72. The van der Waals surface area contributed by atoms with Gasteiger partial charge in [0.05, 0.1) is 10.0 Å². The normalized spacial score (nSPS) is 10.8. The Morgan fingerprint density at radius 1 is 1.50 bits per heavy atom. The van der Waals surface area contributed by atoms with Crippen LogP contribution >= 0.6 is 27.5 Å². The molecule has 0 saturated carbocycles. The highest BCUT2D eigenvalue weighted by atomic mass is 79.9. The van der Waals surface area contributed by atoms with Gasteiger partial charge in [0.2, 0.25) is 0 Å². The van der Waals surface area contributed by atoms with Gasteiger partial charge < -0.3 is 4.90 Å². The van der Waals surface area contributed by atoms with E-state index in [1.807, 2.05) is 13.8 Å². The fourth-order valence-electron chi connectivity index (χ4n) is 1.65. The summed E-state index contributed by atoms with van der Waals surface area (Å²) in [5, 5.41) is 0. The first-order chi connectivity index (χ1) is 8.49. The Labute approximate surface area is 120 Å². The fraction of sp³-hybridized carbons (Fsp3) is 0.462. The second kappa shape index (κ2) is 7.10. The minimum atomic E-state index is -0.515. The van der Waals surface area contributed by atoms with Crippen molar-refractivity contribution < 1.29 is 9.18 Å². The number of hydrogen-bond acceptors (Lipinski definition) is 1. The maximum absolute atomic E-state index is 13.9. The van der Waals surface area contributed by atoms with Gasteiger partial charge in [-0.25, -0.2) is 4.39 Å². The number of carbonyl (C=O) groups is 1. The molecule has 0 aliphatic heterocycles. The van der Waals surface area contributed by atoms with Crippen LogP contribution in [0.1, 0.15) is 30.6 Å². The predicted octanol–water partition coefficient (Wildman–Crippen LogP) is 4.07. The minimum Gasteiger partial charge on any atom is -0.336 e.